The van der Waals surface area contributed by atoms with Gasteiger partial charge in [0.1, 0.15) is 5.75 Å². The summed E-state index contributed by atoms with van der Waals surface area (Å²) in [4.78, 5) is 2.53. The third kappa shape index (κ3) is 1.74. The maximum atomic E-state index is 6.33. The topological polar surface area (TPSA) is 38.5 Å². The Balaban J connectivity index is 2.08. The highest BCUT2D eigenvalue weighted by Gasteiger charge is 2.36. The quantitative estimate of drug-likeness (QED) is 0.801. The molecule has 2 aliphatic heterocycles. The average Bonchev–Trinajstić information content (AvgIpc) is 2.38. The fourth-order valence-electron chi connectivity index (χ4n) is 3.33. The van der Waals surface area contributed by atoms with Crippen molar-refractivity contribution in [2.45, 2.75) is 31.3 Å². The third-order valence-corrected chi connectivity index (χ3v) is 4.12. The van der Waals surface area contributed by atoms with Crippen molar-refractivity contribution in [3.8, 4) is 5.75 Å². The Hall–Kier alpha value is -1.06. The molecule has 0 spiro atoms. The molecule has 0 saturated carbocycles. The first-order chi connectivity index (χ1) is 8.31. The minimum absolute atomic E-state index is 0.249. The van der Waals surface area contributed by atoms with Gasteiger partial charge in [0.15, 0.2) is 0 Å². The zero-order valence-corrected chi connectivity index (χ0v) is 10.4. The van der Waals surface area contributed by atoms with Crippen LogP contribution in [0, 0.1) is 0 Å². The minimum atomic E-state index is 0.249. The Morgan fingerprint density at radius 1 is 1.35 bits per heavy atom. The monoisotopic (exact) mass is 232 g/mol. The van der Waals surface area contributed by atoms with E-state index in [9.17, 15) is 0 Å². The third-order valence-electron chi connectivity index (χ3n) is 4.12. The van der Waals surface area contributed by atoms with Gasteiger partial charge >= 0.3 is 0 Å². The highest BCUT2D eigenvalue weighted by molar-refractivity contribution is 5.45. The number of rotatable bonds is 1. The van der Waals surface area contributed by atoms with Gasteiger partial charge in [-0.2, -0.15) is 0 Å². The van der Waals surface area contributed by atoms with Crippen molar-refractivity contribution in [3.05, 3.63) is 29.3 Å². The van der Waals surface area contributed by atoms with Crippen molar-refractivity contribution in [2.24, 2.45) is 5.73 Å². The van der Waals surface area contributed by atoms with Gasteiger partial charge in [0.05, 0.1) is 13.2 Å². The molecule has 2 unspecified atom stereocenters. The number of ether oxygens (including phenoxy) is 1. The van der Waals surface area contributed by atoms with E-state index in [2.05, 4.69) is 23.1 Å². The fourth-order valence-corrected chi connectivity index (χ4v) is 3.33. The second-order valence-electron chi connectivity index (χ2n) is 5.07. The van der Waals surface area contributed by atoms with Crippen molar-refractivity contribution in [1.82, 2.24) is 4.90 Å². The Kier molecular flexibility index (Phi) is 2.81. The molecule has 3 heteroatoms. The molecule has 2 heterocycles. The van der Waals surface area contributed by atoms with Crippen molar-refractivity contribution in [1.29, 1.82) is 0 Å². The summed E-state index contributed by atoms with van der Waals surface area (Å²) >= 11 is 0. The molecule has 2 aliphatic rings. The first-order valence-electron chi connectivity index (χ1n) is 6.46. The van der Waals surface area contributed by atoms with Crippen LogP contribution in [0.4, 0.5) is 0 Å². The molecule has 17 heavy (non-hydrogen) atoms. The van der Waals surface area contributed by atoms with Gasteiger partial charge in [-0.1, -0.05) is 12.1 Å². The molecule has 3 rings (SSSR count). The second-order valence-corrected chi connectivity index (χ2v) is 5.07. The lowest BCUT2D eigenvalue weighted by Crippen LogP contribution is -2.49. The first-order valence-corrected chi connectivity index (χ1v) is 6.46. The van der Waals surface area contributed by atoms with E-state index in [1.807, 2.05) is 0 Å². The molecule has 0 radical (unpaired) electrons. The number of nitrogens with two attached hydrogens (primary N) is 1. The van der Waals surface area contributed by atoms with Gasteiger partial charge in [0.25, 0.3) is 0 Å². The van der Waals surface area contributed by atoms with Crippen LogP contribution in [0.15, 0.2) is 18.2 Å². The van der Waals surface area contributed by atoms with Crippen LogP contribution in [0.25, 0.3) is 0 Å². The van der Waals surface area contributed by atoms with E-state index >= 15 is 0 Å². The van der Waals surface area contributed by atoms with Gasteiger partial charge in [-0.25, -0.2) is 0 Å². The molecule has 0 amide bonds. The molecule has 1 saturated heterocycles. The molecule has 2 N–H and O–H groups in total. The Morgan fingerprint density at radius 2 is 2.24 bits per heavy atom. The van der Waals surface area contributed by atoms with Crippen LogP contribution in [0.2, 0.25) is 0 Å². The van der Waals surface area contributed by atoms with Crippen LogP contribution in [0.5, 0.6) is 5.75 Å². The smallest absolute Gasteiger partial charge is 0.123 e. The summed E-state index contributed by atoms with van der Waals surface area (Å²) in [5.74, 6) is 1.01. The van der Waals surface area contributed by atoms with Crippen LogP contribution in [0.3, 0.4) is 0 Å². The van der Waals surface area contributed by atoms with E-state index in [0.717, 1.165) is 25.1 Å². The van der Waals surface area contributed by atoms with Gasteiger partial charge < -0.3 is 10.5 Å². The molecule has 1 aromatic carbocycles. The van der Waals surface area contributed by atoms with E-state index < -0.39 is 0 Å². The summed E-state index contributed by atoms with van der Waals surface area (Å²) in [6.07, 6.45) is 3.47. The molecule has 1 fully saturated rings. The van der Waals surface area contributed by atoms with Crippen LogP contribution >= 0.6 is 0 Å². The van der Waals surface area contributed by atoms with Gasteiger partial charge in [-0.05, 0) is 37.4 Å². The van der Waals surface area contributed by atoms with Gasteiger partial charge in [-0.15, -0.1) is 0 Å². The predicted octanol–water partition coefficient (Wildman–Crippen LogP) is 1.72. The highest BCUT2D eigenvalue weighted by Crippen LogP contribution is 2.40. The maximum Gasteiger partial charge on any atom is 0.123 e. The lowest BCUT2D eigenvalue weighted by atomic mass is 9.83. The largest absolute Gasteiger partial charge is 0.496 e. The summed E-state index contributed by atoms with van der Waals surface area (Å²) in [5, 5.41) is 0. The molecular formula is C14H20N2O. The van der Waals surface area contributed by atoms with Crippen molar-refractivity contribution in [2.75, 3.05) is 20.2 Å². The molecule has 0 bridgehead atoms. The summed E-state index contributed by atoms with van der Waals surface area (Å²) in [6, 6.07) is 6.98. The van der Waals surface area contributed by atoms with E-state index in [1.54, 1.807) is 7.11 Å². The van der Waals surface area contributed by atoms with Crippen molar-refractivity contribution in [3.63, 3.8) is 0 Å². The molecular weight excluding hydrogens is 212 g/mol. The molecule has 92 valence electrons. The second kappa shape index (κ2) is 4.31. The number of methoxy groups -OCH3 is 1. The van der Waals surface area contributed by atoms with E-state index in [-0.39, 0.29) is 6.04 Å². The molecule has 2 atom stereocenters. The van der Waals surface area contributed by atoms with E-state index in [0.29, 0.717) is 6.04 Å². The lowest BCUT2D eigenvalue weighted by Gasteiger charge is -2.44. The van der Waals surface area contributed by atoms with Crippen LogP contribution in [-0.4, -0.2) is 31.1 Å². The van der Waals surface area contributed by atoms with Crippen molar-refractivity contribution < 1.29 is 4.74 Å². The highest BCUT2D eigenvalue weighted by atomic mass is 16.5. The number of hydrogen-bond acceptors (Lipinski definition) is 3. The predicted molar refractivity (Wildman–Crippen MR) is 68.2 cm³/mol. The Labute approximate surface area is 103 Å². The van der Waals surface area contributed by atoms with Gasteiger partial charge in [0.2, 0.25) is 0 Å². The molecule has 0 aliphatic carbocycles. The number of hydrogen-bond donors (Lipinski definition) is 1. The normalized spacial score (nSPS) is 28.4. The van der Waals surface area contributed by atoms with E-state index in [4.69, 9.17) is 10.5 Å². The zero-order chi connectivity index (χ0) is 11.8. The van der Waals surface area contributed by atoms with Gasteiger partial charge in [0, 0.05) is 18.2 Å². The first kappa shape index (κ1) is 11.1. The van der Waals surface area contributed by atoms with Crippen LogP contribution in [-0.2, 0) is 6.42 Å². The number of piperidine rings is 1. The van der Waals surface area contributed by atoms with Crippen molar-refractivity contribution >= 4 is 0 Å². The number of nitrogens with zero attached hydrogens (tertiary/aromatic N) is 1. The maximum absolute atomic E-state index is 6.33. The Morgan fingerprint density at radius 3 is 3.06 bits per heavy atom. The molecule has 0 aromatic heterocycles. The minimum Gasteiger partial charge on any atom is -0.496 e. The molecule has 3 nitrogen and oxygen atoms in total. The van der Waals surface area contributed by atoms with Crippen LogP contribution < -0.4 is 10.5 Å². The fraction of sp³-hybridized carbons (Fsp3) is 0.571. The number of fused-ring (bicyclic) bond motifs is 3. The summed E-state index contributed by atoms with van der Waals surface area (Å²) in [5.41, 5.74) is 9.09. The van der Waals surface area contributed by atoms with E-state index in [1.165, 1.54) is 24.1 Å². The number of benzene rings is 1. The molecule has 1 aromatic rings. The van der Waals surface area contributed by atoms with Crippen LogP contribution in [0.1, 0.15) is 30.0 Å². The zero-order valence-electron chi connectivity index (χ0n) is 10.4. The lowest BCUT2D eigenvalue weighted by molar-refractivity contribution is 0.116. The summed E-state index contributed by atoms with van der Waals surface area (Å²) < 4.78 is 5.53. The summed E-state index contributed by atoms with van der Waals surface area (Å²) in [6.45, 7) is 2.31. The average molecular weight is 232 g/mol. The SMILES string of the molecule is COc1cccc2c1C1C(N)CCCN1CC2. The van der Waals surface area contributed by atoms with Gasteiger partial charge in [-0.3, -0.25) is 4.90 Å². The Bertz CT molecular complexity index is 404. The summed E-state index contributed by atoms with van der Waals surface area (Å²) in [7, 11) is 1.75. The standard InChI is InChI=1S/C14H20N2O/c1-17-12-6-2-4-10-7-9-16-8-3-5-11(15)14(16)13(10)12/h2,4,6,11,14H,3,5,7-9,15H2,1H3.